The fourth-order valence-electron chi connectivity index (χ4n) is 3.92. The lowest BCUT2D eigenvalue weighted by Crippen LogP contribution is -2.41. The van der Waals surface area contributed by atoms with Crippen LogP contribution in [0.1, 0.15) is 45.4 Å². The van der Waals surface area contributed by atoms with Crippen molar-refractivity contribution in [3.63, 3.8) is 0 Å². The van der Waals surface area contributed by atoms with Crippen LogP contribution in [0.3, 0.4) is 0 Å². The number of guanidine groups is 1. The maximum Gasteiger partial charge on any atom is 0.193 e. The first kappa shape index (κ1) is 17.3. The van der Waals surface area contributed by atoms with Gasteiger partial charge in [-0.25, -0.2) is 0 Å². The second-order valence-corrected chi connectivity index (χ2v) is 6.82. The van der Waals surface area contributed by atoms with Gasteiger partial charge in [0, 0.05) is 38.2 Å². The minimum absolute atomic E-state index is 0. The molecule has 1 saturated carbocycles. The molecule has 1 atom stereocenters. The number of aliphatic imine (C=N–C) groups is 1. The first-order valence-corrected chi connectivity index (χ1v) is 8.42. The molecule has 0 aromatic heterocycles. The van der Waals surface area contributed by atoms with E-state index in [-0.39, 0.29) is 24.0 Å². The van der Waals surface area contributed by atoms with E-state index in [1.54, 1.807) is 0 Å². The van der Waals surface area contributed by atoms with Crippen LogP contribution in [0, 0.1) is 11.3 Å². The van der Waals surface area contributed by atoms with Gasteiger partial charge in [-0.1, -0.05) is 12.8 Å². The van der Waals surface area contributed by atoms with E-state index in [9.17, 15) is 0 Å². The highest BCUT2D eigenvalue weighted by atomic mass is 127. The smallest absolute Gasteiger partial charge is 0.193 e. The van der Waals surface area contributed by atoms with Crippen molar-refractivity contribution in [2.75, 3.05) is 39.4 Å². The van der Waals surface area contributed by atoms with Crippen LogP contribution in [0.25, 0.3) is 0 Å². The molecule has 2 saturated heterocycles. The number of hydrogen-bond acceptors (Lipinski definition) is 2. The topological polar surface area (TPSA) is 36.9 Å². The van der Waals surface area contributed by atoms with Gasteiger partial charge in [0.2, 0.25) is 0 Å². The fraction of sp³-hybridized carbons (Fsp3) is 0.938. The van der Waals surface area contributed by atoms with Crippen LogP contribution in [-0.2, 0) is 4.74 Å². The van der Waals surface area contributed by atoms with Crippen molar-refractivity contribution in [3.05, 3.63) is 0 Å². The predicted molar refractivity (Wildman–Crippen MR) is 97.4 cm³/mol. The number of nitrogens with one attached hydrogen (secondary N) is 1. The Labute approximate surface area is 146 Å². The first-order chi connectivity index (χ1) is 9.81. The molecule has 0 amide bonds. The summed E-state index contributed by atoms with van der Waals surface area (Å²) in [5.74, 6) is 1.97. The van der Waals surface area contributed by atoms with Gasteiger partial charge in [-0.2, -0.15) is 0 Å². The maximum atomic E-state index is 5.62. The van der Waals surface area contributed by atoms with Gasteiger partial charge >= 0.3 is 0 Å². The predicted octanol–water partition coefficient (Wildman–Crippen LogP) is 2.87. The molecule has 2 aliphatic heterocycles. The third-order valence-corrected chi connectivity index (χ3v) is 5.23. The molecular weight excluding hydrogens is 377 g/mol. The summed E-state index contributed by atoms with van der Waals surface area (Å²) in [7, 11) is 0. The van der Waals surface area contributed by atoms with Crippen molar-refractivity contribution in [1.29, 1.82) is 0 Å². The normalized spacial score (nSPS) is 30.1. The van der Waals surface area contributed by atoms with Gasteiger partial charge in [0.25, 0.3) is 0 Å². The van der Waals surface area contributed by atoms with Crippen molar-refractivity contribution < 1.29 is 4.74 Å². The molecule has 1 unspecified atom stereocenters. The number of nitrogens with zero attached hydrogens (tertiary/aromatic N) is 2. The Hall–Kier alpha value is -0.0400. The summed E-state index contributed by atoms with van der Waals surface area (Å²) in [6, 6.07) is 0. The molecule has 0 aromatic carbocycles. The van der Waals surface area contributed by atoms with Gasteiger partial charge in [-0.3, -0.25) is 4.99 Å². The van der Waals surface area contributed by atoms with Crippen molar-refractivity contribution >= 4 is 29.9 Å². The maximum absolute atomic E-state index is 5.62. The van der Waals surface area contributed by atoms with E-state index in [1.165, 1.54) is 38.5 Å². The highest BCUT2D eigenvalue weighted by molar-refractivity contribution is 14.0. The number of rotatable bonds is 3. The highest BCUT2D eigenvalue weighted by Gasteiger charge is 2.42. The Morgan fingerprint density at radius 2 is 2.14 bits per heavy atom. The Bertz CT molecular complexity index is 349. The quantitative estimate of drug-likeness (QED) is 0.444. The Morgan fingerprint density at radius 3 is 2.81 bits per heavy atom. The van der Waals surface area contributed by atoms with Crippen molar-refractivity contribution in [3.8, 4) is 0 Å². The molecule has 1 N–H and O–H groups in total. The second kappa shape index (κ2) is 7.99. The van der Waals surface area contributed by atoms with Crippen LogP contribution in [0.15, 0.2) is 4.99 Å². The van der Waals surface area contributed by atoms with Crippen molar-refractivity contribution in [2.24, 2.45) is 16.3 Å². The molecule has 3 aliphatic rings. The van der Waals surface area contributed by atoms with Gasteiger partial charge < -0.3 is 15.0 Å². The summed E-state index contributed by atoms with van der Waals surface area (Å²) in [5, 5.41) is 3.49. The summed E-state index contributed by atoms with van der Waals surface area (Å²) in [6.45, 7) is 8.31. The second-order valence-electron chi connectivity index (χ2n) is 6.82. The number of likely N-dealkylation sites (tertiary alicyclic amines) is 1. The number of ether oxygens (including phenoxy) is 1. The lowest BCUT2D eigenvalue weighted by Gasteiger charge is -2.25. The van der Waals surface area contributed by atoms with Crippen LogP contribution in [0.5, 0.6) is 0 Å². The van der Waals surface area contributed by atoms with Crippen LogP contribution < -0.4 is 5.32 Å². The SMILES string of the molecule is CCNC(=NCC1CCCC1)N1CCC2(CCOC2)C1.I. The van der Waals surface area contributed by atoms with Gasteiger partial charge in [-0.05, 0) is 38.5 Å². The van der Waals surface area contributed by atoms with Crippen LogP contribution in [0.4, 0.5) is 0 Å². The molecule has 5 heteroatoms. The van der Waals surface area contributed by atoms with Gasteiger partial charge in [0.05, 0.1) is 6.61 Å². The summed E-state index contributed by atoms with van der Waals surface area (Å²) in [5.41, 5.74) is 0.420. The lowest BCUT2D eigenvalue weighted by molar-refractivity contribution is 0.156. The number of hydrogen-bond donors (Lipinski definition) is 1. The Balaban J connectivity index is 0.00000161. The van der Waals surface area contributed by atoms with Gasteiger partial charge in [-0.15, -0.1) is 24.0 Å². The molecule has 21 heavy (non-hydrogen) atoms. The molecule has 1 spiro atoms. The summed E-state index contributed by atoms with van der Waals surface area (Å²) in [6.07, 6.45) is 8.05. The Kier molecular flexibility index (Phi) is 6.59. The molecule has 3 rings (SSSR count). The van der Waals surface area contributed by atoms with Crippen molar-refractivity contribution in [1.82, 2.24) is 10.2 Å². The van der Waals surface area contributed by atoms with E-state index >= 15 is 0 Å². The van der Waals surface area contributed by atoms with E-state index < -0.39 is 0 Å². The zero-order chi connectivity index (χ0) is 13.8. The molecule has 0 bridgehead atoms. The van der Waals surface area contributed by atoms with E-state index in [4.69, 9.17) is 9.73 Å². The third-order valence-electron chi connectivity index (χ3n) is 5.23. The monoisotopic (exact) mass is 407 g/mol. The van der Waals surface area contributed by atoms with E-state index in [1.807, 2.05) is 0 Å². The molecule has 1 aliphatic carbocycles. The lowest BCUT2D eigenvalue weighted by atomic mass is 9.87. The number of halogens is 1. The van der Waals surface area contributed by atoms with Crippen LogP contribution in [0.2, 0.25) is 0 Å². The Morgan fingerprint density at radius 1 is 1.33 bits per heavy atom. The average Bonchev–Trinajstić information content (AvgIpc) is 3.18. The summed E-state index contributed by atoms with van der Waals surface area (Å²) in [4.78, 5) is 7.39. The molecule has 4 nitrogen and oxygen atoms in total. The van der Waals surface area contributed by atoms with E-state index in [0.717, 1.165) is 51.3 Å². The minimum atomic E-state index is 0. The third kappa shape index (κ3) is 4.24. The molecule has 0 aromatic rings. The zero-order valence-electron chi connectivity index (χ0n) is 13.3. The van der Waals surface area contributed by atoms with Crippen LogP contribution in [-0.4, -0.2) is 50.3 Å². The minimum Gasteiger partial charge on any atom is -0.381 e. The summed E-state index contributed by atoms with van der Waals surface area (Å²) >= 11 is 0. The molecule has 122 valence electrons. The van der Waals surface area contributed by atoms with Gasteiger partial charge in [0.15, 0.2) is 5.96 Å². The average molecular weight is 407 g/mol. The molecule has 0 radical (unpaired) electrons. The van der Waals surface area contributed by atoms with Gasteiger partial charge in [0.1, 0.15) is 0 Å². The molecular formula is C16H30IN3O. The molecule has 3 fully saturated rings. The first-order valence-electron chi connectivity index (χ1n) is 8.42. The van der Waals surface area contributed by atoms with Crippen LogP contribution >= 0.6 is 24.0 Å². The zero-order valence-corrected chi connectivity index (χ0v) is 15.6. The largest absolute Gasteiger partial charge is 0.381 e. The molecule has 2 heterocycles. The fourth-order valence-corrected chi connectivity index (χ4v) is 3.92. The standard InChI is InChI=1S/C16H29N3O.HI/c1-2-17-15(18-11-14-5-3-4-6-14)19-9-7-16(12-19)8-10-20-13-16;/h14H,2-13H2,1H3,(H,17,18);1H. The summed E-state index contributed by atoms with van der Waals surface area (Å²) < 4.78 is 5.62. The van der Waals surface area contributed by atoms with E-state index in [2.05, 4.69) is 17.1 Å². The van der Waals surface area contributed by atoms with Crippen molar-refractivity contribution in [2.45, 2.75) is 45.4 Å². The highest BCUT2D eigenvalue weighted by Crippen LogP contribution is 2.38. The van der Waals surface area contributed by atoms with E-state index in [0.29, 0.717) is 5.41 Å².